The molecule has 0 N–H and O–H groups in total. The van der Waals surface area contributed by atoms with Gasteiger partial charge in [-0.15, -0.1) is 0 Å². The Kier molecular flexibility index (Phi) is 5.67. The Morgan fingerprint density at radius 3 is 2.11 bits per heavy atom. The summed E-state index contributed by atoms with van der Waals surface area (Å²) in [6, 6.07) is 0.726. The molecule has 0 bridgehead atoms. The molecule has 3 heteroatoms. The zero-order valence-corrected chi connectivity index (χ0v) is 13.2. The molecular formula is C16H32N2O. The van der Waals surface area contributed by atoms with Gasteiger partial charge in [-0.3, -0.25) is 0 Å². The summed E-state index contributed by atoms with van der Waals surface area (Å²) in [5.74, 6) is 0. The van der Waals surface area contributed by atoms with Crippen molar-refractivity contribution in [3.8, 4) is 0 Å². The lowest BCUT2D eigenvalue weighted by Gasteiger charge is -2.47. The summed E-state index contributed by atoms with van der Waals surface area (Å²) in [6.45, 7) is 14.8. The summed E-state index contributed by atoms with van der Waals surface area (Å²) in [7, 11) is 0. The number of hydrogen-bond donors (Lipinski definition) is 0. The van der Waals surface area contributed by atoms with Crippen molar-refractivity contribution in [2.45, 2.75) is 52.5 Å². The van der Waals surface area contributed by atoms with E-state index in [0.717, 1.165) is 25.8 Å². The molecule has 2 rings (SSSR count). The largest absolute Gasteiger partial charge is 0.380 e. The highest BCUT2D eigenvalue weighted by molar-refractivity contribution is 4.91. The van der Waals surface area contributed by atoms with Crippen LogP contribution in [0.5, 0.6) is 0 Å². The van der Waals surface area contributed by atoms with Gasteiger partial charge in [0.25, 0.3) is 0 Å². The molecule has 2 fully saturated rings. The average Bonchev–Trinajstić information content (AvgIpc) is 2.42. The molecule has 0 atom stereocenters. The van der Waals surface area contributed by atoms with Crippen molar-refractivity contribution in [2.75, 3.05) is 45.9 Å². The third-order valence-corrected chi connectivity index (χ3v) is 5.26. The van der Waals surface area contributed by atoms with Crippen molar-refractivity contribution in [3.63, 3.8) is 0 Å². The van der Waals surface area contributed by atoms with Crippen LogP contribution < -0.4 is 0 Å². The molecule has 0 amide bonds. The number of rotatable bonds is 5. The predicted octanol–water partition coefficient (Wildman–Crippen LogP) is 2.61. The number of piperidine rings is 2. The second kappa shape index (κ2) is 7.05. The van der Waals surface area contributed by atoms with Gasteiger partial charge in [0, 0.05) is 19.2 Å². The van der Waals surface area contributed by atoms with Crippen LogP contribution in [0.15, 0.2) is 0 Å². The van der Waals surface area contributed by atoms with Crippen molar-refractivity contribution < 1.29 is 4.74 Å². The molecule has 19 heavy (non-hydrogen) atoms. The van der Waals surface area contributed by atoms with Crippen LogP contribution in [-0.4, -0.2) is 61.8 Å². The van der Waals surface area contributed by atoms with Crippen molar-refractivity contribution >= 4 is 0 Å². The van der Waals surface area contributed by atoms with Gasteiger partial charge in [0.15, 0.2) is 0 Å². The first kappa shape index (κ1) is 15.3. The lowest BCUT2D eigenvalue weighted by molar-refractivity contribution is 0.0160. The van der Waals surface area contributed by atoms with Crippen LogP contribution in [0.4, 0.5) is 0 Å². The van der Waals surface area contributed by atoms with Crippen LogP contribution in [0.2, 0.25) is 0 Å². The van der Waals surface area contributed by atoms with Gasteiger partial charge in [0.2, 0.25) is 0 Å². The normalized spacial score (nSPS) is 25.3. The number of hydrogen-bond acceptors (Lipinski definition) is 3. The highest BCUT2D eigenvalue weighted by atomic mass is 16.5. The fraction of sp³-hybridized carbons (Fsp3) is 1.00. The van der Waals surface area contributed by atoms with Crippen molar-refractivity contribution in [2.24, 2.45) is 5.41 Å². The molecule has 112 valence electrons. The Morgan fingerprint density at radius 1 is 1.00 bits per heavy atom. The molecule has 0 radical (unpaired) electrons. The standard InChI is InChI=1S/C16H32N2O/c1-4-19-14-13-17-9-5-16(6-10-17)7-11-18(12-8-16)15(2)3/h15H,4-14H2,1-3H3. The molecule has 3 nitrogen and oxygen atoms in total. The van der Waals surface area contributed by atoms with E-state index in [9.17, 15) is 0 Å². The summed E-state index contributed by atoms with van der Waals surface area (Å²) >= 11 is 0. The second-order valence-corrected chi connectivity index (χ2v) is 6.67. The zero-order valence-electron chi connectivity index (χ0n) is 13.2. The fourth-order valence-corrected chi connectivity index (χ4v) is 3.60. The molecule has 0 saturated carbocycles. The summed E-state index contributed by atoms with van der Waals surface area (Å²) in [4.78, 5) is 5.24. The van der Waals surface area contributed by atoms with E-state index in [1.54, 1.807) is 0 Å². The molecule has 0 aromatic carbocycles. The van der Waals surface area contributed by atoms with Crippen LogP contribution in [-0.2, 0) is 4.74 Å². The molecular weight excluding hydrogens is 236 g/mol. The van der Waals surface area contributed by atoms with Gasteiger partial charge in [-0.25, -0.2) is 0 Å². The zero-order chi connectivity index (χ0) is 13.7. The van der Waals surface area contributed by atoms with E-state index in [-0.39, 0.29) is 0 Å². The molecule has 1 spiro atoms. The first-order valence-electron chi connectivity index (χ1n) is 8.19. The van der Waals surface area contributed by atoms with Crippen molar-refractivity contribution in [3.05, 3.63) is 0 Å². The molecule has 0 aliphatic carbocycles. The van der Waals surface area contributed by atoms with Crippen molar-refractivity contribution in [1.29, 1.82) is 0 Å². The molecule has 0 aromatic rings. The molecule has 2 aliphatic rings. The highest BCUT2D eigenvalue weighted by Crippen LogP contribution is 2.41. The van der Waals surface area contributed by atoms with Crippen LogP contribution in [0, 0.1) is 5.41 Å². The second-order valence-electron chi connectivity index (χ2n) is 6.67. The van der Waals surface area contributed by atoms with Crippen LogP contribution in [0.1, 0.15) is 46.5 Å². The van der Waals surface area contributed by atoms with E-state index in [4.69, 9.17) is 4.74 Å². The summed E-state index contributed by atoms with van der Waals surface area (Å²) in [6.07, 6.45) is 5.66. The Labute approximate surface area is 119 Å². The van der Waals surface area contributed by atoms with E-state index < -0.39 is 0 Å². The number of likely N-dealkylation sites (tertiary alicyclic amines) is 2. The minimum absolute atomic E-state index is 0.674. The lowest BCUT2D eigenvalue weighted by Crippen LogP contribution is -2.48. The van der Waals surface area contributed by atoms with Crippen LogP contribution in [0.25, 0.3) is 0 Å². The maximum absolute atomic E-state index is 5.47. The highest BCUT2D eigenvalue weighted by Gasteiger charge is 2.37. The quantitative estimate of drug-likeness (QED) is 0.713. The fourth-order valence-electron chi connectivity index (χ4n) is 3.60. The monoisotopic (exact) mass is 268 g/mol. The molecule has 2 saturated heterocycles. The Bertz CT molecular complexity index is 249. The minimum atomic E-state index is 0.674. The van der Waals surface area contributed by atoms with Gasteiger partial charge in [0.1, 0.15) is 0 Å². The predicted molar refractivity (Wildman–Crippen MR) is 80.5 cm³/mol. The van der Waals surface area contributed by atoms with Crippen LogP contribution in [0.3, 0.4) is 0 Å². The van der Waals surface area contributed by atoms with E-state index in [1.807, 2.05) is 0 Å². The van der Waals surface area contributed by atoms with Gasteiger partial charge < -0.3 is 14.5 Å². The summed E-state index contributed by atoms with van der Waals surface area (Å²) in [5.41, 5.74) is 0.674. The Balaban J connectivity index is 1.71. The van der Waals surface area contributed by atoms with Gasteiger partial charge in [-0.05, 0) is 78.0 Å². The first-order valence-corrected chi connectivity index (χ1v) is 8.19. The molecule has 0 aromatic heterocycles. The van der Waals surface area contributed by atoms with E-state index >= 15 is 0 Å². The lowest BCUT2D eigenvalue weighted by atomic mass is 9.71. The average molecular weight is 268 g/mol. The van der Waals surface area contributed by atoms with Crippen molar-refractivity contribution in [1.82, 2.24) is 9.80 Å². The van der Waals surface area contributed by atoms with E-state index in [1.165, 1.54) is 51.9 Å². The van der Waals surface area contributed by atoms with Gasteiger partial charge in [-0.2, -0.15) is 0 Å². The first-order chi connectivity index (χ1) is 9.15. The smallest absolute Gasteiger partial charge is 0.0593 e. The van der Waals surface area contributed by atoms with Crippen LogP contribution >= 0.6 is 0 Å². The Hall–Kier alpha value is -0.120. The number of ether oxygens (including phenoxy) is 1. The third-order valence-electron chi connectivity index (χ3n) is 5.26. The molecule has 2 aliphatic heterocycles. The van der Waals surface area contributed by atoms with Gasteiger partial charge in [0.05, 0.1) is 6.61 Å². The maximum Gasteiger partial charge on any atom is 0.0593 e. The van der Waals surface area contributed by atoms with Gasteiger partial charge >= 0.3 is 0 Å². The third kappa shape index (κ3) is 4.17. The van der Waals surface area contributed by atoms with Gasteiger partial charge in [-0.1, -0.05) is 0 Å². The Morgan fingerprint density at radius 2 is 1.58 bits per heavy atom. The number of nitrogens with zero attached hydrogens (tertiary/aromatic N) is 2. The van der Waals surface area contributed by atoms with E-state index in [2.05, 4.69) is 30.6 Å². The topological polar surface area (TPSA) is 15.7 Å². The van der Waals surface area contributed by atoms with E-state index in [0.29, 0.717) is 5.41 Å². The maximum atomic E-state index is 5.47. The molecule has 2 heterocycles. The minimum Gasteiger partial charge on any atom is -0.380 e. The summed E-state index contributed by atoms with van der Waals surface area (Å²) < 4.78 is 5.47. The SMILES string of the molecule is CCOCCN1CCC2(CC1)CCN(C(C)C)CC2. The summed E-state index contributed by atoms with van der Waals surface area (Å²) in [5, 5.41) is 0. The molecule has 0 unspecified atom stereocenters.